The van der Waals surface area contributed by atoms with E-state index in [1.54, 1.807) is 50.2 Å². The minimum atomic E-state index is -2.06. The van der Waals surface area contributed by atoms with Crippen molar-refractivity contribution in [3.63, 3.8) is 0 Å². The lowest BCUT2D eigenvalue weighted by Crippen LogP contribution is -2.52. The average molecular weight is 932 g/mol. The van der Waals surface area contributed by atoms with Gasteiger partial charge in [0.1, 0.15) is 18.5 Å². The quantitative estimate of drug-likeness (QED) is 0.0790. The molecule has 0 saturated heterocycles. The summed E-state index contributed by atoms with van der Waals surface area (Å²) in [5, 5.41) is 25.1. The van der Waals surface area contributed by atoms with Crippen LogP contribution in [0.4, 0.5) is 4.39 Å². The number of benzene rings is 2. The third kappa shape index (κ3) is 8.11. The number of aryl methyl sites for hydroxylation is 1. The van der Waals surface area contributed by atoms with Crippen molar-refractivity contribution in [1.82, 2.24) is 45.5 Å². The Morgan fingerprint density at radius 2 is 1.57 bits per heavy atom. The molecule has 5 amide bonds. The molecule has 68 heavy (non-hydrogen) atoms. The largest absolute Gasteiger partial charge is 0.458 e. The van der Waals surface area contributed by atoms with E-state index in [1.807, 2.05) is 0 Å². The maximum absolute atomic E-state index is 15.4. The van der Waals surface area contributed by atoms with Gasteiger partial charge in [0.2, 0.25) is 29.5 Å². The second kappa shape index (κ2) is 17.8. The van der Waals surface area contributed by atoms with Crippen molar-refractivity contribution in [3.05, 3.63) is 130 Å². The Hall–Kier alpha value is -7.81. The van der Waals surface area contributed by atoms with Crippen LogP contribution in [-0.2, 0) is 78.2 Å². The summed E-state index contributed by atoms with van der Waals surface area (Å²) in [5.74, 6) is -5.43. The molecule has 1 aliphatic carbocycles. The lowest BCUT2D eigenvalue weighted by atomic mass is 9.81. The van der Waals surface area contributed by atoms with Gasteiger partial charge in [0, 0.05) is 41.1 Å². The topological polar surface area (TPSA) is 271 Å². The normalized spacial score (nSPS) is 18.1. The molecule has 4 aliphatic rings. The fraction of sp³-hybridized carbons (Fsp3) is 0.362. The number of nitrogens with one attached hydrogen (secondary N) is 5. The minimum Gasteiger partial charge on any atom is -0.458 e. The van der Waals surface area contributed by atoms with Gasteiger partial charge in [-0.15, -0.1) is 0 Å². The number of aliphatic hydroxyl groups is 1. The Morgan fingerprint density at radius 1 is 0.882 bits per heavy atom. The average Bonchev–Trinajstić information content (AvgIpc) is 3.95. The van der Waals surface area contributed by atoms with Gasteiger partial charge >= 0.3 is 5.97 Å². The van der Waals surface area contributed by atoms with Gasteiger partial charge in [0.15, 0.2) is 5.60 Å². The zero-order valence-corrected chi connectivity index (χ0v) is 36.9. The molecule has 0 unspecified atom stereocenters. The van der Waals surface area contributed by atoms with Gasteiger partial charge in [-0.05, 0) is 54.5 Å². The van der Waals surface area contributed by atoms with Gasteiger partial charge in [-0.1, -0.05) is 37.3 Å². The van der Waals surface area contributed by atoms with E-state index in [0.29, 0.717) is 62.9 Å². The van der Waals surface area contributed by atoms with E-state index in [9.17, 15) is 48.3 Å². The number of hydrogen-bond acceptors (Lipinski definition) is 12. The Labute approximate surface area is 384 Å². The number of ether oxygens (including phenoxy) is 1. The monoisotopic (exact) mass is 931 g/mol. The highest BCUT2D eigenvalue weighted by molar-refractivity contribution is 5.95. The molecule has 6 N–H and O–H groups in total. The molecule has 3 aliphatic heterocycles. The fourth-order valence-electron chi connectivity index (χ4n) is 9.66. The number of carbonyl (C=O) groups excluding carboxylic acids is 6. The number of nitrogens with zero attached hydrogens (tertiary/aromatic N) is 4. The predicted molar refractivity (Wildman–Crippen MR) is 238 cm³/mol. The van der Waals surface area contributed by atoms with Gasteiger partial charge in [-0.3, -0.25) is 38.4 Å². The number of carbonyl (C=O) groups is 6. The number of pyridine rings is 2. The predicted octanol–water partition coefficient (Wildman–Crippen LogP) is -0.640. The van der Waals surface area contributed by atoms with Crippen molar-refractivity contribution in [2.75, 3.05) is 19.6 Å². The summed E-state index contributed by atoms with van der Waals surface area (Å²) in [6.45, 7) is 1.31. The summed E-state index contributed by atoms with van der Waals surface area (Å²) < 4.78 is 24.4. The van der Waals surface area contributed by atoms with Crippen LogP contribution in [0.1, 0.15) is 64.8 Å². The molecule has 0 radical (unpaired) electrons. The number of esters is 1. The summed E-state index contributed by atoms with van der Waals surface area (Å²) in [4.78, 5) is 122. The van der Waals surface area contributed by atoms with Crippen LogP contribution in [0.25, 0.3) is 22.3 Å². The number of hydrogen-bond donors (Lipinski definition) is 6. The molecule has 2 aromatic carbocycles. The molecule has 20 nitrogen and oxygen atoms in total. The third-order valence-corrected chi connectivity index (χ3v) is 13.3. The Balaban J connectivity index is 0.873. The van der Waals surface area contributed by atoms with Crippen LogP contribution in [0, 0.1) is 18.7 Å². The van der Waals surface area contributed by atoms with Crippen LogP contribution >= 0.6 is 0 Å². The Morgan fingerprint density at radius 3 is 2.28 bits per heavy atom. The lowest BCUT2D eigenvalue weighted by molar-refractivity contribution is -0.172. The third-order valence-electron chi connectivity index (χ3n) is 13.3. The van der Waals surface area contributed by atoms with E-state index < -0.39 is 101 Å². The van der Waals surface area contributed by atoms with Crippen LogP contribution in [0.5, 0.6) is 0 Å². The SMILES string of the molecule is CC[C@@]1(O)C(=O)OCc2c1cc1n(c2=O)Cc2c-1nc1cc(F)c(C)c3c1c2[C@@H](NC(=O)CNC(=O)[C@H](Cc1ccccc1)NC(=O)CNC(=O)CNC(=O)C1Cn2c(=O)ccc(=O)n2C1)CC3. The molecule has 0 saturated carbocycles. The van der Waals surface area contributed by atoms with E-state index >= 15 is 4.39 Å². The number of rotatable bonds is 13. The zero-order chi connectivity index (χ0) is 48.2. The first kappa shape index (κ1) is 45.4. The van der Waals surface area contributed by atoms with Gasteiger partial charge in [-0.25, -0.2) is 23.5 Å². The molecule has 0 fully saturated rings. The number of cyclic esters (lactones) is 1. The second-order valence-corrected chi connectivity index (χ2v) is 17.4. The van der Waals surface area contributed by atoms with Gasteiger partial charge in [0.05, 0.1) is 73.7 Å². The molecule has 9 rings (SSSR count). The maximum Gasteiger partial charge on any atom is 0.343 e. The first-order valence-corrected chi connectivity index (χ1v) is 22.1. The van der Waals surface area contributed by atoms with Crippen LogP contribution in [0.2, 0.25) is 0 Å². The van der Waals surface area contributed by atoms with E-state index in [4.69, 9.17) is 9.72 Å². The van der Waals surface area contributed by atoms with Crippen LogP contribution in [0.15, 0.2) is 69.0 Å². The molecule has 0 bridgehead atoms. The van der Waals surface area contributed by atoms with E-state index in [1.165, 1.54) is 10.6 Å². The maximum atomic E-state index is 15.4. The van der Waals surface area contributed by atoms with Gasteiger partial charge in [-0.2, -0.15) is 0 Å². The smallest absolute Gasteiger partial charge is 0.343 e. The molecule has 6 heterocycles. The van der Waals surface area contributed by atoms with Crippen molar-refractivity contribution in [2.24, 2.45) is 5.92 Å². The van der Waals surface area contributed by atoms with Crippen LogP contribution in [-0.4, -0.2) is 85.2 Å². The zero-order valence-electron chi connectivity index (χ0n) is 36.9. The number of halogens is 1. The highest BCUT2D eigenvalue weighted by Gasteiger charge is 2.46. The van der Waals surface area contributed by atoms with Crippen molar-refractivity contribution >= 4 is 46.4 Å². The van der Waals surface area contributed by atoms with E-state index in [2.05, 4.69) is 26.6 Å². The van der Waals surface area contributed by atoms with E-state index in [0.717, 1.165) is 21.5 Å². The molecule has 0 spiro atoms. The molecule has 5 aromatic rings. The molecule has 3 aromatic heterocycles. The summed E-state index contributed by atoms with van der Waals surface area (Å²) in [6, 6.07) is 12.0. The highest BCUT2D eigenvalue weighted by atomic mass is 19.1. The van der Waals surface area contributed by atoms with Crippen molar-refractivity contribution < 1.29 is 43.0 Å². The molecular formula is C47H46FN9O11. The summed E-state index contributed by atoms with van der Waals surface area (Å²) in [5.41, 5.74) is 0.814. The number of fused-ring (bicyclic) bond motifs is 6. The summed E-state index contributed by atoms with van der Waals surface area (Å²) in [7, 11) is 0. The summed E-state index contributed by atoms with van der Waals surface area (Å²) >= 11 is 0. The first-order valence-electron chi connectivity index (χ1n) is 22.1. The lowest BCUT2D eigenvalue weighted by Gasteiger charge is -2.31. The fourth-order valence-corrected chi connectivity index (χ4v) is 9.66. The van der Waals surface area contributed by atoms with Crippen LogP contribution < -0.4 is 43.3 Å². The van der Waals surface area contributed by atoms with Crippen molar-refractivity contribution in [2.45, 2.75) is 83.5 Å². The number of aromatic nitrogens is 4. The molecular weight excluding hydrogens is 886 g/mol. The van der Waals surface area contributed by atoms with Crippen molar-refractivity contribution in [1.29, 1.82) is 0 Å². The first-order chi connectivity index (χ1) is 32.6. The standard InChI is InChI=1S/C47H46FN9O11/c1-3-47(67)29-14-34-42-27(21-55(34)45(65)28(29)22-68-46(47)66)41-31(10-9-26-23(2)30(48)15-32(54-42)40(26)41)52-37(60)18-51-44(64)33(13-24-7-5-4-6-8-24)53-36(59)17-49-35(58)16-50-43(63)25-19-56-38(61)11-12-39(62)57(56)20-25/h4-8,11-12,14-15,25,31,33,67H,3,9-10,13,16-22H2,1-2H3,(H,49,58)(H,50,63)(H,51,64)(H,52,60)(H,53,59)/t31-,33-,47-/m0/s1. The van der Waals surface area contributed by atoms with Gasteiger partial charge in [0.25, 0.3) is 16.7 Å². The van der Waals surface area contributed by atoms with Gasteiger partial charge < -0.3 is 41.0 Å². The van der Waals surface area contributed by atoms with Crippen LogP contribution in [0.3, 0.4) is 0 Å². The number of amides is 5. The Kier molecular flexibility index (Phi) is 11.9. The highest BCUT2D eigenvalue weighted by Crippen LogP contribution is 2.46. The second-order valence-electron chi connectivity index (χ2n) is 17.4. The summed E-state index contributed by atoms with van der Waals surface area (Å²) in [6.07, 6.45) is 0.681. The minimum absolute atomic E-state index is 0.0236. The molecule has 352 valence electrons. The van der Waals surface area contributed by atoms with Crippen molar-refractivity contribution in [3.8, 4) is 11.4 Å². The Bertz CT molecular complexity index is 3140. The van der Waals surface area contributed by atoms with E-state index in [-0.39, 0.29) is 50.2 Å². The molecule has 3 atom stereocenters. The molecule has 21 heteroatoms.